The third-order valence-electron chi connectivity index (χ3n) is 3.33. The molecule has 0 aliphatic carbocycles. The number of morpholine rings is 1. The molecule has 120 valence electrons. The van der Waals surface area contributed by atoms with Crippen LogP contribution in [0.2, 0.25) is 0 Å². The monoisotopic (exact) mass is 331 g/mol. The second-order valence-electron chi connectivity index (χ2n) is 4.91. The Morgan fingerprint density at radius 2 is 2.09 bits per heavy atom. The molecule has 2 aromatic rings. The van der Waals surface area contributed by atoms with E-state index in [0.29, 0.717) is 13.2 Å². The minimum Gasteiger partial charge on any atom is -0.378 e. The minimum absolute atomic E-state index is 0.694. The lowest BCUT2D eigenvalue weighted by molar-refractivity contribution is 0.122. The van der Waals surface area contributed by atoms with Crippen molar-refractivity contribution in [2.24, 2.45) is 10.8 Å². The molecule has 8 heteroatoms. The van der Waals surface area contributed by atoms with Crippen LogP contribution < -0.4 is 16.1 Å². The number of nitrogens with zero attached hydrogens (tertiary/aromatic N) is 3. The molecule has 1 aliphatic heterocycles. The molecular formula is C15H17N5O2S. The van der Waals surface area contributed by atoms with Crippen LogP contribution in [0, 0.1) is 0 Å². The van der Waals surface area contributed by atoms with Gasteiger partial charge < -0.3 is 15.4 Å². The number of nitrogens with one attached hydrogen (secondary N) is 1. The summed E-state index contributed by atoms with van der Waals surface area (Å²) >= 11 is 1.53. The maximum Gasteiger partial charge on any atom is 0.332 e. The van der Waals surface area contributed by atoms with Crippen LogP contribution in [-0.2, 0) is 4.74 Å². The number of hydrazone groups is 1. The zero-order valence-corrected chi connectivity index (χ0v) is 13.3. The summed E-state index contributed by atoms with van der Waals surface area (Å²) in [5.74, 6) is 0. The van der Waals surface area contributed by atoms with Crippen LogP contribution in [0.1, 0.15) is 4.88 Å². The molecule has 0 radical (unpaired) electrons. The van der Waals surface area contributed by atoms with Gasteiger partial charge in [-0.25, -0.2) is 15.2 Å². The molecule has 0 atom stereocenters. The summed E-state index contributed by atoms with van der Waals surface area (Å²) in [6.45, 7) is 3.04. The van der Waals surface area contributed by atoms with Crippen molar-refractivity contribution in [2.45, 2.75) is 0 Å². The highest BCUT2D eigenvalue weighted by molar-refractivity contribution is 7.17. The molecule has 0 saturated carbocycles. The third-order valence-corrected chi connectivity index (χ3v) is 4.38. The molecule has 7 nitrogen and oxygen atoms in total. The number of nitrogens with two attached hydrogens (primary N) is 1. The van der Waals surface area contributed by atoms with E-state index in [4.69, 9.17) is 15.5 Å². The van der Waals surface area contributed by atoms with Gasteiger partial charge in [-0.3, -0.25) is 0 Å². The van der Waals surface area contributed by atoms with Crippen molar-refractivity contribution in [1.29, 1.82) is 0 Å². The van der Waals surface area contributed by atoms with Crippen LogP contribution in [0.5, 0.6) is 0 Å². The van der Waals surface area contributed by atoms with Crippen LogP contribution in [0.4, 0.5) is 9.93 Å². The summed E-state index contributed by atoms with van der Waals surface area (Å²) in [5.41, 5.74) is 9.09. The number of carbonyl (C=O) groups is 1. The second-order valence-corrected chi connectivity index (χ2v) is 5.92. The Morgan fingerprint density at radius 3 is 2.78 bits per heavy atom. The highest BCUT2D eigenvalue weighted by atomic mass is 32.1. The molecule has 1 fully saturated rings. The topological polar surface area (TPSA) is 92.8 Å². The van der Waals surface area contributed by atoms with Gasteiger partial charge in [0.05, 0.1) is 30.0 Å². The molecule has 23 heavy (non-hydrogen) atoms. The van der Waals surface area contributed by atoms with Gasteiger partial charge in [0.15, 0.2) is 5.13 Å². The van der Waals surface area contributed by atoms with Crippen molar-refractivity contribution in [3.8, 4) is 11.3 Å². The number of aromatic nitrogens is 1. The van der Waals surface area contributed by atoms with Crippen LogP contribution in [0.25, 0.3) is 11.3 Å². The number of hydrogen-bond acceptors (Lipinski definition) is 6. The lowest BCUT2D eigenvalue weighted by Gasteiger charge is -2.26. The molecule has 2 amide bonds. The highest BCUT2D eigenvalue weighted by Gasteiger charge is 2.18. The van der Waals surface area contributed by atoms with Gasteiger partial charge >= 0.3 is 6.03 Å². The Labute approximate surface area is 137 Å². The zero-order valence-electron chi connectivity index (χ0n) is 12.4. The van der Waals surface area contributed by atoms with E-state index in [1.807, 2.05) is 30.3 Å². The summed E-state index contributed by atoms with van der Waals surface area (Å²) in [4.78, 5) is 18.6. The van der Waals surface area contributed by atoms with Gasteiger partial charge in [0.2, 0.25) is 0 Å². The van der Waals surface area contributed by atoms with Gasteiger partial charge in [-0.15, -0.1) is 0 Å². The molecule has 1 aliphatic rings. The van der Waals surface area contributed by atoms with Crippen LogP contribution >= 0.6 is 11.3 Å². The fourth-order valence-electron chi connectivity index (χ4n) is 2.25. The molecule has 1 aromatic carbocycles. The third kappa shape index (κ3) is 3.85. The van der Waals surface area contributed by atoms with Gasteiger partial charge in [-0.1, -0.05) is 41.7 Å². The molecule has 3 rings (SSSR count). The molecular weight excluding hydrogens is 314 g/mol. The Balaban J connectivity index is 1.92. The summed E-state index contributed by atoms with van der Waals surface area (Å²) in [6, 6.07) is 9.19. The Hall–Kier alpha value is -2.45. The van der Waals surface area contributed by atoms with Gasteiger partial charge in [0, 0.05) is 18.7 Å². The quantitative estimate of drug-likeness (QED) is 0.658. The Bertz CT molecular complexity index is 695. The fourth-order valence-corrected chi connectivity index (χ4v) is 3.27. The average molecular weight is 331 g/mol. The summed E-state index contributed by atoms with van der Waals surface area (Å²) in [6.07, 6.45) is 1.58. The number of thiazole rings is 1. The Kier molecular flexibility index (Phi) is 4.84. The predicted octanol–water partition coefficient (Wildman–Crippen LogP) is 1.65. The number of carbonyl (C=O) groups excluding carboxylic acids is 1. The molecule has 3 N–H and O–H groups in total. The van der Waals surface area contributed by atoms with E-state index in [1.165, 1.54) is 11.3 Å². The summed E-state index contributed by atoms with van der Waals surface area (Å²) in [5, 5.41) is 4.79. The SMILES string of the molecule is NC(=O)N/N=C/c1sc(N2CCOCC2)nc1-c1ccccc1. The number of benzene rings is 1. The van der Waals surface area contributed by atoms with E-state index in [-0.39, 0.29) is 0 Å². The molecule has 0 unspecified atom stereocenters. The molecule has 0 spiro atoms. The number of rotatable bonds is 4. The van der Waals surface area contributed by atoms with E-state index in [0.717, 1.165) is 34.4 Å². The summed E-state index contributed by atoms with van der Waals surface area (Å²) < 4.78 is 5.38. The maximum absolute atomic E-state index is 10.8. The van der Waals surface area contributed by atoms with Crippen molar-refractivity contribution in [2.75, 3.05) is 31.2 Å². The molecule has 0 bridgehead atoms. The van der Waals surface area contributed by atoms with Gasteiger partial charge in [0.25, 0.3) is 0 Å². The van der Waals surface area contributed by atoms with Crippen molar-refractivity contribution >= 4 is 28.7 Å². The first-order valence-corrected chi connectivity index (χ1v) is 8.03. The van der Waals surface area contributed by atoms with Crippen molar-refractivity contribution in [3.05, 3.63) is 35.2 Å². The van der Waals surface area contributed by atoms with Crippen LogP contribution in [0.3, 0.4) is 0 Å². The lowest BCUT2D eigenvalue weighted by Crippen LogP contribution is -2.36. The molecule has 1 aromatic heterocycles. The number of primary amides is 1. The van der Waals surface area contributed by atoms with Gasteiger partial charge in [-0.05, 0) is 0 Å². The number of ether oxygens (including phenoxy) is 1. The first-order valence-electron chi connectivity index (χ1n) is 7.21. The number of urea groups is 1. The average Bonchev–Trinajstić information content (AvgIpc) is 3.00. The smallest absolute Gasteiger partial charge is 0.332 e. The van der Waals surface area contributed by atoms with E-state index >= 15 is 0 Å². The zero-order chi connectivity index (χ0) is 16.1. The maximum atomic E-state index is 10.8. The number of anilines is 1. The normalized spacial score (nSPS) is 15.0. The van der Waals surface area contributed by atoms with E-state index in [2.05, 4.69) is 15.4 Å². The standard InChI is InChI=1S/C15H17N5O2S/c16-14(21)19-17-10-12-13(11-4-2-1-3-5-11)18-15(23-12)20-6-8-22-9-7-20/h1-5,10H,6-9H2,(H3,16,19,21)/b17-10+. The van der Waals surface area contributed by atoms with Crippen molar-refractivity contribution in [1.82, 2.24) is 10.4 Å². The predicted molar refractivity (Wildman–Crippen MR) is 90.9 cm³/mol. The largest absolute Gasteiger partial charge is 0.378 e. The molecule has 2 heterocycles. The van der Waals surface area contributed by atoms with Crippen LogP contribution in [0.15, 0.2) is 35.4 Å². The fraction of sp³-hybridized carbons (Fsp3) is 0.267. The first kappa shape index (κ1) is 15.4. The highest BCUT2D eigenvalue weighted by Crippen LogP contribution is 2.32. The van der Waals surface area contributed by atoms with Gasteiger partial charge in [-0.2, -0.15) is 5.10 Å². The van der Waals surface area contributed by atoms with Crippen molar-refractivity contribution in [3.63, 3.8) is 0 Å². The number of amides is 2. The van der Waals surface area contributed by atoms with E-state index < -0.39 is 6.03 Å². The minimum atomic E-state index is -0.694. The van der Waals surface area contributed by atoms with Crippen LogP contribution in [-0.4, -0.2) is 43.5 Å². The number of hydrogen-bond donors (Lipinski definition) is 2. The second kappa shape index (κ2) is 7.21. The first-order chi connectivity index (χ1) is 11.2. The summed E-state index contributed by atoms with van der Waals surface area (Å²) in [7, 11) is 0. The Morgan fingerprint density at radius 1 is 1.35 bits per heavy atom. The lowest BCUT2D eigenvalue weighted by atomic mass is 10.1. The van der Waals surface area contributed by atoms with E-state index in [9.17, 15) is 4.79 Å². The van der Waals surface area contributed by atoms with E-state index in [1.54, 1.807) is 6.21 Å². The van der Waals surface area contributed by atoms with Gasteiger partial charge in [0.1, 0.15) is 0 Å². The molecule has 1 saturated heterocycles. The van der Waals surface area contributed by atoms with Crippen molar-refractivity contribution < 1.29 is 9.53 Å².